The Morgan fingerprint density at radius 2 is 1.88 bits per heavy atom. The van der Waals surface area contributed by atoms with Crippen LogP contribution in [0.4, 0.5) is 0 Å². The maximum atomic E-state index is 13.4. The molecule has 3 aromatic heterocycles. The average molecular weight is 458 g/mol. The first-order valence-electron chi connectivity index (χ1n) is 10.5. The number of hydrogen-bond acceptors (Lipinski definition) is 5. The van der Waals surface area contributed by atoms with E-state index in [1.807, 2.05) is 90.1 Å². The molecule has 1 N–H and O–H groups in total. The number of aryl methyl sites for hydroxylation is 2. The second-order valence-corrected chi connectivity index (χ2v) is 8.77. The monoisotopic (exact) mass is 457 g/mol. The molecule has 0 fully saturated rings. The Labute approximate surface area is 195 Å². The van der Waals surface area contributed by atoms with Crippen molar-refractivity contribution in [2.75, 3.05) is 7.11 Å². The molecule has 33 heavy (non-hydrogen) atoms. The lowest BCUT2D eigenvalue weighted by atomic mass is 10.1. The quantitative estimate of drug-likeness (QED) is 0.403. The predicted octanol–water partition coefficient (Wildman–Crippen LogP) is 4.66. The molecule has 3 heterocycles. The van der Waals surface area contributed by atoms with Crippen LogP contribution in [0.3, 0.4) is 0 Å². The number of methoxy groups -OCH3 is 1. The van der Waals surface area contributed by atoms with Gasteiger partial charge in [0.25, 0.3) is 5.91 Å². The number of carbonyl (C=O) groups excluding carboxylic acids is 1. The van der Waals surface area contributed by atoms with Gasteiger partial charge in [0.05, 0.1) is 23.4 Å². The van der Waals surface area contributed by atoms with Crippen LogP contribution in [-0.2, 0) is 7.05 Å². The highest BCUT2D eigenvalue weighted by Gasteiger charge is 2.24. The lowest BCUT2D eigenvalue weighted by Crippen LogP contribution is -2.30. The van der Waals surface area contributed by atoms with Gasteiger partial charge in [-0.05, 0) is 42.8 Å². The number of nitrogens with one attached hydrogen (secondary N) is 1. The van der Waals surface area contributed by atoms with Gasteiger partial charge in [0.2, 0.25) is 0 Å². The van der Waals surface area contributed by atoms with Gasteiger partial charge in [-0.15, -0.1) is 11.3 Å². The molecule has 0 aliphatic heterocycles. The third-order valence-electron chi connectivity index (χ3n) is 5.61. The summed E-state index contributed by atoms with van der Waals surface area (Å²) in [7, 11) is 3.55. The molecular formula is C25H23N5O2S. The summed E-state index contributed by atoms with van der Waals surface area (Å²) in [6.45, 7) is 1.96. The number of fused-ring (bicyclic) bond motifs is 1. The molecule has 1 atom stereocenters. The van der Waals surface area contributed by atoms with Crippen molar-refractivity contribution in [3.05, 3.63) is 95.0 Å². The molecule has 0 bridgehead atoms. The van der Waals surface area contributed by atoms with E-state index in [2.05, 4.69) is 15.4 Å². The summed E-state index contributed by atoms with van der Waals surface area (Å²) in [5.74, 6) is 1.36. The zero-order valence-corrected chi connectivity index (χ0v) is 19.3. The van der Waals surface area contributed by atoms with E-state index in [1.54, 1.807) is 13.3 Å². The minimum absolute atomic E-state index is 0.154. The van der Waals surface area contributed by atoms with Crippen LogP contribution in [0.5, 0.6) is 5.75 Å². The number of rotatable bonds is 6. The standard InChI is InChI=1S/C25H23N5O2S/c1-16-20-15-21(33-25(20)30(28-16)18-7-5-4-6-8-18)24(31)27-22(23-26-13-14-29(23)2)17-9-11-19(32-3)12-10-17/h4-15,22H,1-3H3,(H,27,31). The zero-order chi connectivity index (χ0) is 22.9. The maximum Gasteiger partial charge on any atom is 0.262 e. The Balaban J connectivity index is 1.50. The van der Waals surface area contributed by atoms with Crippen LogP contribution in [0.15, 0.2) is 73.1 Å². The summed E-state index contributed by atoms with van der Waals surface area (Å²) in [4.78, 5) is 19.5. The highest BCUT2D eigenvalue weighted by atomic mass is 32.1. The van der Waals surface area contributed by atoms with Crippen molar-refractivity contribution in [2.24, 2.45) is 7.05 Å². The van der Waals surface area contributed by atoms with E-state index in [0.29, 0.717) is 4.88 Å². The molecule has 0 saturated heterocycles. The van der Waals surface area contributed by atoms with Crippen LogP contribution in [-0.4, -0.2) is 32.3 Å². The number of benzene rings is 2. The van der Waals surface area contributed by atoms with Gasteiger partial charge >= 0.3 is 0 Å². The number of ether oxygens (including phenoxy) is 1. The molecule has 7 nitrogen and oxygen atoms in total. The van der Waals surface area contributed by atoms with Crippen LogP contribution in [0, 0.1) is 6.92 Å². The molecule has 2 aromatic carbocycles. The topological polar surface area (TPSA) is 74.0 Å². The van der Waals surface area contributed by atoms with Crippen molar-refractivity contribution < 1.29 is 9.53 Å². The lowest BCUT2D eigenvalue weighted by molar-refractivity contribution is 0.0945. The molecule has 1 amide bonds. The van der Waals surface area contributed by atoms with E-state index < -0.39 is 6.04 Å². The van der Waals surface area contributed by atoms with Gasteiger partial charge in [-0.2, -0.15) is 5.10 Å². The number of para-hydroxylation sites is 1. The van der Waals surface area contributed by atoms with Crippen LogP contribution >= 0.6 is 11.3 Å². The predicted molar refractivity (Wildman–Crippen MR) is 129 cm³/mol. The van der Waals surface area contributed by atoms with E-state index in [-0.39, 0.29) is 5.91 Å². The molecule has 8 heteroatoms. The summed E-state index contributed by atoms with van der Waals surface area (Å²) < 4.78 is 9.09. The van der Waals surface area contributed by atoms with Crippen molar-refractivity contribution in [1.29, 1.82) is 0 Å². The summed E-state index contributed by atoms with van der Waals surface area (Å²) in [5, 5.41) is 8.82. The number of thiophene rings is 1. The molecular weight excluding hydrogens is 434 g/mol. The molecule has 1 unspecified atom stereocenters. The largest absolute Gasteiger partial charge is 0.497 e. The van der Waals surface area contributed by atoms with Crippen LogP contribution in [0.2, 0.25) is 0 Å². The van der Waals surface area contributed by atoms with Gasteiger partial charge in [-0.25, -0.2) is 9.67 Å². The van der Waals surface area contributed by atoms with Crippen molar-refractivity contribution in [3.8, 4) is 11.4 Å². The van der Waals surface area contributed by atoms with Crippen molar-refractivity contribution in [1.82, 2.24) is 24.6 Å². The highest BCUT2D eigenvalue weighted by molar-refractivity contribution is 7.20. The Bertz CT molecular complexity index is 1420. The second-order valence-electron chi connectivity index (χ2n) is 7.74. The molecule has 5 rings (SSSR count). The Kier molecular flexibility index (Phi) is 5.43. The van der Waals surface area contributed by atoms with Gasteiger partial charge in [-0.3, -0.25) is 4.79 Å². The number of imidazole rings is 1. The summed E-state index contributed by atoms with van der Waals surface area (Å²) in [6, 6.07) is 19.1. The first-order chi connectivity index (χ1) is 16.0. The van der Waals surface area contributed by atoms with Gasteiger partial charge in [-0.1, -0.05) is 30.3 Å². The normalized spacial score (nSPS) is 12.1. The molecule has 0 aliphatic carbocycles. The van der Waals surface area contributed by atoms with E-state index in [0.717, 1.165) is 38.7 Å². The molecule has 0 radical (unpaired) electrons. The van der Waals surface area contributed by atoms with Crippen molar-refractivity contribution >= 4 is 27.5 Å². The van der Waals surface area contributed by atoms with E-state index in [4.69, 9.17) is 4.74 Å². The second kappa shape index (κ2) is 8.55. The first kappa shape index (κ1) is 21.0. The van der Waals surface area contributed by atoms with Crippen molar-refractivity contribution in [2.45, 2.75) is 13.0 Å². The molecule has 0 aliphatic rings. The summed E-state index contributed by atoms with van der Waals surface area (Å²) >= 11 is 1.43. The summed E-state index contributed by atoms with van der Waals surface area (Å²) in [6.07, 6.45) is 3.60. The van der Waals surface area contributed by atoms with Gasteiger partial charge in [0, 0.05) is 24.8 Å². The molecule has 5 aromatic rings. The van der Waals surface area contributed by atoms with Crippen LogP contribution in [0.1, 0.15) is 32.8 Å². The SMILES string of the molecule is COc1ccc(C(NC(=O)c2cc3c(C)nn(-c4ccccc4)c3s2)c2nccn2C)cc1. The maximum absolute atomic E-state index is 13.4. The zero-order valence-electron chi connectivity index (χ0n) is 18.5. The Morgan fingerprint density at radius 3 is 2.55 bits per heavy atom. The third-order valence-corrected chi connectivity index (χ3v) is 6.72. The van der Waals surface area contributed by atoms with E-state index in [1.165, 1.54) is 11.3 Å². The fourth-order valence-corrected chi connectivity index (χ4v) is 4.94. The number of carbonyl (C=O) groups is 1. The smallest absolute Gasteiger partial charge is 0.262 e. The number of nitrogens with zero attached hydrogens (tertiary/aromatic N) is 4. The minimum Gasteiger partial charge on any atom is -0.497 e. The number of aromatic nitrogens is 4. The number of hydrogen-bond donors (Lipinski definition) is 1. The first-order valence-corrected chi connectivity index (χ1v) is 11.3. The Hall–Kier alpha value is -3.91. The van der Waals surface area contributed by atoms with Gasteiger partial charge in [0.1, 0.15) is 22.4 Å². The fourth-order valence-electron chi connectivity index (χ4n) is 3.85. The third kappa shape index (κ3) is 3.89. The van der Waals surface area contributed by atoms with Gasteiger partial charge < -0.3 is 14.6 Å². The van der Waals surface area contributed by atoms with E-state index in [9.17, 15) is 4.79 Å². The van der Waals surface area contributed by atoms with Gasteiger partial charge in [0.15, 0.2) is 0 Å². The number of amides is 1. The van der Waals surface area contributed by atoms with Crippen LogP contribution < -0.4 is 10.1 Å². The average Bonchev–Trinajstić information content (AvgIpc) is 3.55. The minimum atomic E-state index is -0.402. The van der Waals surface area contributed by atoms with Crippen molar-refractivity contribution in [3.63, 3.8) is 0 Å². The fraction of sp³-hybridized carbons (Fsp3) is 0.160. The summed E-state index contributed by atoms with van der Waals surface area (Å²) in [5.41, 5.74) is 2.78. The molecule has 166 valence electrons. The van der Waals surface area contributed by atoms with E-state index >= 15 is 0 Å². The highest BCUT2D eigenvalue weighted by Crippen LogP contribution is 2.31. The van der Waals surface area contributed by atoms with Crippen LogP contribution in [0.25, 0.3) is 15.9 Å². The molecule has 0 saturated carbocycles. The Morgan fingerprint density at radius 1 is 1.12 bits per heavy atom. The molecule has 0 spiro atoms. The lowest BCUT2D eigenvalue weighted by Gasteiger charge is -2.19.